The first-order valence-electron chi connectivity index (χ1n) is 6.04. The first-order chi connectivity index (χ1) is 9.83. The fraction of sp³-hybridized carbons (Fsp3) is 0. The highest BCUT2D eigenvalue weighted by Crippen LogP contribution is 2.28. The lowest BCUT2D eigenvalue weighted by atomic mass is 10.1. The summed E-state index contributed by atoms with van der Waals surface area (Å²) in [5.41, 5.74) is 3.49. The predicted molar refractivity (Wildman–Crippen MR) is 76.5 cm³/mol. The van der Waals surface area contributed by atoms with Crippen molar-refractivity contribution in [3.63, 3.8) is 0 Å². The number of pyridine rings is 2. The van der Waals surface area contributed by atoms with Gasteiger partial charge in [-0.15, -0.1) is 5.10 Å². The third kappa shape index (κ3) is 1.64. The van der Waals surface area contributed by atoms with Crippen LogP contribution in [0.25, 0.3) is 27.7 Å². The summed E-state index contributed by atoms with van der Waals surface area (Å²) in [5.74, 6) is 0. The van der Waals surface area contributed by atoms with E-state index in [9.17, 15) is 0 Å². The Hall–Kier alpha value is -2.53. The fourth-order valence-corrected chi connectivity index (χ4v) is 2.46. The minimum Gasteiger partial charge on any atom is -0.264 e. The van der Waals surface area contributed by atoms with Crippen LogP contribution < -0.4 is 0 Å². The molecule has 96 valence electrons. The number of fused-ring (bicyclic) bond motifs is 3. The van der Waals surface area contributed by atoms with E-state index in [4.69, 9.17) is 11.6 Å². The van der Waals surface area contributed by atoms with Crippen LogP contribution in [0.5, 0.6) is 0 Å². The molecule has 4 aromatic rings. The van der Waals surface area contributed by atoms with Gasteiger partial charge in [0.05, 0.1) is 5.52 Å². The summed E-state index contributed by atoms with van der Waals surface area (Å²) < 4.78 is 1.70. The maximum Gasteiger partial charge on any atom is 0.187 e. The Morgan fingerprint density at radius 3 is 2.90 bits per heavy atom. The van der Waals surface area contributed by atoms with Crippen LogP contribution in [0.2, 0.25) is 5.02 Å². The Balaban J connectivity index is 2.15. The first-order valence-corrected chi connectivity index (χ1v) is 6.41. The van der Waals surface area contributed by atoms with Gasteiger partial charge in [0, 0.05) is 33.9 Å². The number of rotatable bonds is 1. The van der Waals surface area contributed by atoms with Gasteiger partial charge in [0.1, 0.15) is 0 Å². The van der Waals surface area contributed by atoms with E-state index >= 15 is 0 Å². The van der Waals surface area contributed by atoms with Crippen molar-refractivity contribution in [1.82, 2.24) is 25.0 Å². The van der Waals surface area contributed by atoms with Crippen LogP contribution in [0.1, 0.15) is 0 Å². The van der Waals surface area contributed by atoms with E-state index in [1.54, 1.807) is 16.9 Å². The second-order valence-electron chi connectivity index (χ2n) is 4.42. The molecule has 0 N–H and O–H groups in total. The maximum absolute atomic E-state index is 6.05. The third-order valence-electron chi connectivity index (χ3n) is 3.20. The average Bonchev–Trinajstić information content (AvgIpc) is 2.97. The van der Waals surface area contributed by atoms with Crippen LogP contribution in [0, 0.1) is 0 Å². The number of nitrogens with zero attached hydrogens (tertiary/aromatic N) is 5. The van der Waals surface area contributed by atoms with Gasteiger partial charge < -0.3 is 0 Å². The quantitative estimate of drug-likeness (QED) is 0.538. The topological polar surface area (TPSA) is 56.0 Å². The van der Waals surface area contributed by atoms with Crippen molar-refractivity contribution in [3.05, 3.63) is 53.8 Å². The van der Waals surface area contributed by atoms with Gasteiger partial charge in [-0.05, 0) is 34.7 Å². The molecular weight excluding hydrogens is 274 g/mol. The Bertz CT molecular complexity index is 917. The number of benzene rings is 1. The Kier molecular flexibility index (Phi) is 2.40. The molecule has 0 fully saturated rings. The molecule has 0 spiro atoms. The largest absolute Gasteiger partial charge is 0.264 e. The van der Waals surface area contributed by atoms with Gasteiger partial charge in [0.25, 0.3) is 0 Å². The van der Waals surface area contributed by atoms with Crippen molar-refractivity contribution >= 4 is 28.2 Å². The molecule has 0 saturated carbocycles. The highest BCUT2D eigenvalue weighted by Gasteiger charge is 2.11. The SMILES string of the molecule is Clc1ccc2cc(-c3cccnc3)c3nnnn3c2c1. The van der Waals surface area contributed by atoms with Crippen molar-refractivity contribution in [2.45, 2.75) is 0 Å². The first kappa shape index (κ1) is 11.3. The minimum atomic E-state index is 0.656. The summed E-state index contributed by atoms with van der Waals surface area (Å²) in [6.45, 7) is 0. The van der Waals surface area contributed by atoms with Gasteiger partial charge in [-0.2, -0.15) is 4.52 Å². The number of halogens is 1. The summed E-state index contributed by atoms with van der Waals surface area (Å²) in [7, 11) is 0. The lowest BCUT2D eigenvalue weighted by Gasteiger charge is -2.06. The molecule has 0 unspecified atom stereocenters. The van der Waals surface area contributed by atoms with Crippen LogP contribution in [0.4, 0.5) is 0 Å². The Labute approximate surface area is 118 Å². The predicted octanol–water partition coefficient (Wildman–Crippen LogP) is 2.99. The second kappa shape index (κ2) is 4.25. The third-order valence-corrected chi connectivity index (χ3v) is 3.44. The molecule has 0 aliphatic rings. The molecule has 20 heavy (non-hydrogen) atoms. The van der Waals surface area contributed by atoms with Crippen molar-refractivity contribution in [3.8, 4) is 11.1 Å². The van der Waals surface area contributed by atoms with E-state index in [1.165, 1.54) is 0 Å². The summed E-state index contributed by atoms with van der Waals surface area (Å²) >= 11 is 6.05. The van der Waals surface area contributed by atoms with Crippen LogP contribution in [0.3, 0.4) is 0 Å². The summed E-state index contributed by atoms with van der Waals surface area (Å²) in [6, 6.07) is 11.6. The van der Waals surface area contributed by atoms with Crippen LogP contribution in [0.15, 0.2) is 48.8 Å². The van der Waals surface area contributed by atoms with Crippen molar-refractivity contribution < 1.29 is 0 Å². The zero-order valence-corrected chi connectivity index (χ0v) is 11.0. The van der Waals surface area contributed by atoms with E-state index < -0.39 is 0 Å². The zero-order chi connectivity index (χ0) is 13.5. The monoisotopic (exact) mass is 281 g/mol. The van der Waals surface area contributed by atoms with Crippen LogP contribution in [-0.2, 0) is 0 Å². The summed E-state index contributed by atoms with van der Waals surface area (Å²) in [4.78, 5) is 4.15. The molecule has 0 aliphatic carbocycles. The van der Waals surface area contributed by atoms with Gasteiger partial charge in [0.2, 0.25) is 0 Å². The van der Waals surface area contributed by atoms with Crippen molar-refractivity contribution in [2.24, 2.45) is 0 Å². The lowest BCUT2D eigenvalue weighted by molar-refractivity contribution is 0.842. The van der Waals surface area contributed by atoms with E-state index in [1.807, 2.05) is 36.4 Å². The zero-order valence-electron chi connectivity index (χ0n) is 10.2. The van der Waals surface area contributed by atoms with Gasteiger partial charge in [-0.1, -0.05) is 23.7 Å². The number of hydrogen-bond acceptors (Lipinski definition) is 4. The molecule has 0 amide bonds. The molecule has 0 atom stereocenters. The highest BCUT2D eigenvalue weighted by molar-refractivity contribution is 6.31. The minimum absolute atomic E-state index is 0.656. The molecule has 3 heterocycles. The smallest absolute Gasteiger partial charge is 0.187 e. The summed E-state index contributed by atoms with van der Waals surface area (Å²) in [6.07, 6.45) is 3.54. The van der Waals surface area contributed by atoms with Gasteiger partial charge in [-0.25, -0.2) is 0 Å². The molecule has 5 nitrogen and oxygen atoms in total. The molecule has 3 aromatic heterocycles. The standard InChI is InChI=1S/C14H8ClN5/c15-11-4-3-9-6-12(10-2-1-5-16-8-10)14-17-18-19-20(14)13(9)7-11/h1-8H. The molecule has 0 aliphatic heterocycles. The fourth-order valence-electron chi connectivity index (χ4n) is 2.29. The molecule has 6 heteroatoms. The molecule has 0 bridgehead atoms. The second-order valence-corrected chi connectivity index (χ2v) is 4.85. The van der Waals surface area contributed by atoms with Crippen LogP contribution >= 0.6 is 11.6 Å². The van der Waals surface area contributed by atoms with E-state index in [2.05, 4.69) is 20.5 Å². The lowest BCUT2D eigenvalue weighted by Crippen LogP contribution is -1.94. The average molecular weight is 282 g/mol. The number of hydrogen-bond donors (Lipinski definition) is 0. The number of aromatic nitrogens is 5. The van der Waals surface area contributed by atoms with Crippen molar-refractivity contribution in [1.29, 1.82) is 0 Å². The number of tetrazole rings is 1. The molecule has 4 rings (SSSR count). The Morgan fingerprint density at radius 2 is 2.05 bits per heavy atom. The molecule has 0 saturated heterocycles. The van der Waals surface area contributed by atoms with E-state index in [0.29, 0.717) is 10.7 Å². The molecule has 0 radical (unpaired) electrons. The van der Waals surface area contributed by atoms with Crippen LogP contribution in [-0.4, -0.2) is 25.0 Å². The summed E-state index contributed by atoms with van der Waals surface area (Å²) in [5, 5.41) is 13.6. The van der Waals surface area contributed by atoms with E-state index in [0.717, 1.165) is 22.0 Å². The molecular formula is C14H8ClN5. The maximum atomic E-state index is 6.05. The Morgan fingerprint density at radius 1 is 1.10 bits per heavy atom. The van der Waals surface area contributed by atoms with Gasteiger partial charge >= 0.3 is 0 Å². The molecule has 1 aromatic carbocycles. The van der Waals surface area contributed by atoms with E-state index in [-0.39, 0.29) is 0 Å². The van der Waals surface area contributed by atoms with Gasteiger partial charge in [0.15, 0.2) is 5.65 Å². The van der Waals surface area contributed by atoms with Gasteiger partial charge in [-0.3, -0.25) is 4.98 Å². The highest BCUT2D eigenvalue weighted by atomic mass is 35.5. The van der Waals surface area contributed by atoms with Crippen molar-refractivity contribution in [2.75, 3.05) is 0 Å². The normalized spacial score (nSPS) is 11.2.